The van der Waals surface area contributed by atoms with E-state index in [1.807, 2.05) is 91.9 Å². The number of benzene rings is 3. The Morgan fingerprint density at radius 1 is 0.867 bits per heavy atom. The molecule has 0 N–H and O–H groups in total. The van der Waals surface area contributed by atoms with Gasteiger partial charge in [-0.25, -0.2) is 9.86 Å². The average molecular weight is 401 g/mol. The lowest BCUT2D eigenvalue weighted by molar-refractivity contribution is -0.154. The zero-order chi connectivity index (χ0) is 21.1. The van der Waals surface area contributed by atoms with E-state index in [1.54, 1.807) is 5.06 Å². The first-order chi connectivity index (χ1) is 14.6. The maximum atomic E-state index is 13.2. The minimum Gasteiger partial charge on any atom is -0.463 e. The molecule has 0 saturated carbocycles. The molecule has 1 aliphatic heterocycles. The van der Waals surface area contributed by atoms with E-state index >= 15 is 0 Å². The smallest absolute Gasteiger partial charge is 0.374 e. The number of Topliss-reactive ketones (excluding diaryl/α,β-unsaturated/α-hetero) is 1. The van der Waals surface area contributed by atoms with Crippen molar-refractivity contribution in [2.24, 2.45) is 5.92 Å². The number of carbonyl (C=O) groups excluding carboxylic acids is 2. The van der Waals surface area contributed by atoms with Crippen LogP contribution in [0.4, 0.5) is 5.69 Å². The van der Waals surface area contributed by atoms with Gasteiger partial charge in [-0.2, -0.15) is 0 Å². The summed E-state index contributed by atoms with van der Waals surface area (Å²) in [4.78, 5) is 31.9. The minimum atomic E-state index is -0.864. The van der Waals surface area contributed by atoms with E-state index in [9.17, 15) is 9.59 Å². The lowest BCUT2D eigenvalue weighted by atomic mass is 9.83. The largest absolute Gasteiger partial charge is 0.463 e. The third-order valence-electron chi connectivity index (χ3n) is 5.36. The Balaban J connectivity index is 1.88. The molecule has 1 heterocycles. The summed E-state index contributed by atoms with van der Waals surface area (Å²) in [6.45, 7) is 1.99. The Bertz CT molecular complexity index is 1040. The number of carbonyl (C=O) groups is 2. The molecule has 1 saturated heterocycles. The summed E-state index contributed by atoms with van der Waals surface area (Å²) >= 11 is 0. The summed E-state index contributed by atoms with van der Waals surface area (Å²) in [5.74, 6) is -2.23. The van der Waals surface area contributed by atoms with Crippen LogP contribution in [0.2, 0.25) is 0 Å². The second kappa shape index (κ2) is 8.51. The highest BCUT2D eigenvalue weighted by Gasteiger charge is 2.51. The van der Waals surface area contributed by atoms with Crippen molar-refractivity contribution in [2.45, 2.75) is 19.1 Å². The van der Waals surface area contributed by atoms with Gasteiger partial charge in [0, 0.05) is 0 Å². The van der Waals surface area contributed by atoms with Crippen molar-refractivity contribution in [3.8, 4) is 0 Å². The van der Waals surface area contributed by atoms with Crippen LogP contribution in [0.3, 0.4) is 0 Å². The second-order valence-electron chi connectivity index (χ2n) is 7.34. The van der Waals surface area contributed by atoms with Crippen LogP contribution in [-0.4, -0.2) is 18.9 Å². The number of hydroxylamine groups is 1. The van der Waals surface area contributed by atoms with Crippen LogP contribution in [0.1, 0.15) is 28.8 Å². The van der Waals surface area contributed by atoms with Gasteiger partial charge in [0.15, 0.2) is 0 Å². The van der Waals surface area contributed by atoms with Gasteiger partial charge >= 0.3 is 5.97 Å². The first-order valence-electron chi connectivity index (χ1n) is 9.85. The van der Waals surface area contributed by atoms with Gasteiger partial charge in [0.2, 0.25) is 5.78 Å². The molecule has 3 aromatic carbocycles. The second-order valence-corrected chi connectivity index (χ2v) is 7.34. The van der Waals surface area contributed by atoms with Crippen molar-refractivity contribution >= 4 is 17.4 Å². The molecule has 0 radical (unpaired) electrons. The van der Waals surface area contributed by atoms with Crippen molar-refractivity contribution in [1.29, 1.82) is 0 Å². The lowest BCUT2D eigenvalue weighted by Crippen LogP contribution is -2.33. The molecule has 152 valence electrons. The van der Waals surface area contributed by atoms with Crippen molar-refractivity contribution in [3.63, 3.8) is 0 Å². The predicted octanol–water partition coefficient (Wildman–Crippen LogP) is 4.59. The van der Waals surface area contributed by atoms with Gasteiger partial charge in [0.05, 0.1) is 24.8 Å². The highest BCUT2D eigenvalue weighted by molar-refractivity contribution is 6.34. The van der Waals surface area contributed by atoms with Crippen LogP contribution in [0.25, 0.3) is 0 Å². The molecule has 0 amide bonds. The molecule has 0 aromatic heterocycles. The van der Waals surface area contributed by atoms with Gasteiger partial charge in [0.1, 0.15) is 6.10 Å². The molecule has 3 atom stereocenters. The predicted molar refractivity (Wildman–Crippen MR) is 114 cm³/mol. The normalized spacial score (nSPS) is 20.7. The first-order valence-corrected chi connectivity index (χ1v) is 9.85. The molecule has 0 aliphatic carbocycles. The summed E-state index contributed by atoms with van der Waals surface area (Å²) < 4.78 is 4.79. The molecule has 3 aromatic rings. The molecule has 1 aliphatic rings. The lowest BCUT2D eigenvalue weighted by Gasteiger charge is -2.26. The number of hydrogen-bond acceptors (Lipinski definition) is 5. The van der Waals surface area contributed by atoms with Crippen molar-refractivity contribution in [1.82, 2.24) is 0 Å². The molecule has 5 heteroatoms. The fourth-order valence-electron chi connectivity index (χ4n) is 3.99. The number of anilines is 1. The molecule has 0 bridgehead atoms. The summed E-state index contributed by atoms with van der Waals surface area (Å²) in [6, 6.07) is 26.6. The van der Waals surface area contributed by atoms with Gasteiger partial charge in [-0.05, 0) is 30.2 Å². The quantitative estimate of drug-likeness (QED) is 0.462. The molecule has 5 nitrogen and oxygen atoms in total. The Morgan fingerprint density at radius 2 is 1.50 bits per heavy atom. The van der Waals surface area contributed by atoms with Gasteiger partial charge in [-0.1, -0.05) is 78.4 Å². The van der Waals surface area contributed by atoms with Crippen molar-refractivity contribution < 1.29 is 19.2 Å². The number of nitrogens with zero attached hydrogens (tertiary/aromatic N) is 1. The number of aryl methyl sites for hydroxylation is 1. The Morgan fingerprint density at radius 3 is 2.13 bits per heavy atom. The van der Waals surface area contributed by atoms with Crippen molar-refractivity contribution in [2.75, 3.05) is 12.2 Å². The highest BCUT2D eigenvalue weighted by atomic mass is 16.7. The van der Waals surface area contributed by atoms with Crippen LogP contribution in [0.5, 0.6) is 0 Å². The number of rotatable bonds is 5. The maximum absolute atomic E-state index is 13.2. The van der Waals surface area contributed by atoms with E-state index in [2.05, 4.69) is 0 Å². The third-order valence-corrected chi connectivity index (χ3v) is 5.36. The number of hydrogen-bond donors (Lipinski definition) is 0. The van der Waals surface area contributed by atoms with Crippen LogP contribution in [0.15, 0.2) is 84.9 Å². The number of ether oxygens (including phenoxy) is 1. The van der Waals surface area contributed by atoms with Gasteiger partial charge < -0.3 is 4.74 Å². The Kier molecular flexibility index (Phi) is 5.63. The van der Waals surface area contributed by atoms with E-state index in [0.29, 0.717) is 0 Å². The van der Waals surface area contributed by atoms with E-state index in [-0.39, 0.29) is 0 Å². The first kappa shape index (κ1) is 19.9. The SMILES string of the molecule is COC(=O)C(=O)[C@@H]1[C@@H](c2ccccc2)N(c2ccccc2)O[C@H]1c1cccc(C)c1. The fraction of sp³-hybridized carbons (Fsp3) is 0.200. The van der Waals surface area contributed by atoms with Crippen LogP contribution in [-0.2, 0) is 19.2 Å². The van der Waals surface area contributed by atoms with E-state index in [0.717, 1.165) is 22.4 Å². The van der Waals surface area contributed by atoms with Gasteiger partial charge in [0.25, 0.3) is 0 Å². The van der Waals surface area contributed by atoms with Crippen molar-refractivity contribution in [3.05, 3.63) is 102 Å². The summed E-state index contributed by atoms with van der Waals surface area (Å²) in [5.41, 5.74) is 3.59. The monoisotopic (exact) mass is 401 g/mol. The molecule has 0 unspecified atom stereocenters. The third kappa shape index (κ3) is 3.72. The number of esters is 1. The molecule has 30 heavy (non-hydrogen) atoms. The standard InChI is InChI=1S/C25H23NO4/c1-17-10-9-13-19(16-17)24-21(23(27)25(28)29-2)22(18-11-5-3-6-12-18)26(30-24)20-14-7-4-8-15-20/h3-16,21-22,24H,1-2H3/t21-,22+,24-/m0/s1. The average Bonchev–Trinajstić information content (AvgIpc) is 3.20. The van der Waals surface area contributed by atoms with Gasteiger partial charge in [-0.3, -0.25) is 9.63 Å². The zero-order valence-electron chi connectivity index (χ0n) is 16.9. The molecule has 1 fully saturated rings. The summed E-state index contributed by atoms with van der Waals surface area (Å²) in [7, 11) is 1.23. The molecular weight excluding hydrogens is 378 g/mol. The molecule has 0 spiro atoms. The number of ketones is 1. The zero-order valence-corrected chi connectivity index (χ0v) is 16.9. The van der Waals surface area contributed by atoms with E-state index in [4.69, 9.17) is 9.57 Å². The Labute approximate surface area is 175 Å². The van der Waals surface area contributed by atoms with E-state index in [1.165, 1.54) is 7.11 Å². The maximum Gasteiger partial charge on any atom is 0.374 e. The molecule has 4 rings (SSSR count). The number of para-hydroxylation sites is 1. The van der Waals surface area contributed by atoms with E-state index < -0.39 is 29.8 Å². The Hall–Kier alpha value is -3.44. The van der Waals surface area contributed by atoms with Crippen LogP contribution in [0, 0.1) is 12.8 Å². The van der Waals surface area contributed by atoms with Gasteiger partial charge in [-0.15, -0.1) is 0 Å². The summed E-state index contributed by atoms with van der Waals surface area (Å²) in [5, 5.41) is 1.74. The van der Waals surface area contributed by atoms with Crippen LogP contribution < -0.4 is 5.06 Å². The topological polar surface area (TPSA) is 55.8 Å². The number of methoxy groups -OCH3 is 1. The molecular formula is C25H23NO4. The fourth-order valence-corrected chi connectivity index (χ4v) is 3.99. The van der Waals surface area contributed by atoms with Crippen LogP contribution >= 0.6 is 0 Å². The highest BCUT2D eigenvalue weighted by Crippen LogP contribution is 2.49. The summed E-state index contributed by atoms with van der Waals surface area (Å²) in [6.07, 6.45) is -0.623. The minimum absolute atomic E-state index is 0.481.